The number of likely N-dealkylation sites (N-methyl/N-ethyl adjacent to an activating group) is 1. The van der Waals surface area contributed by atoms with Crippen molar-refractivity contribution < 1.29 is 12.8 Å². The van der Waals surface area contributed by atoms with Crippen LogP contribution in [0.3, 0.4) is 0 Å². The van der Waals surface area contributed by atoms with Crippen molar-refractivity contribution in [3.63, 3.8) is 0 Å². The molecule has 1 aliphatic rings. The fourth-order valence-corrected chi connectivity index (χ4v) is 3.54. The summed E-state index contributed by atoms with van der Waals surface area (Å²) < 4.78 is 39.2. The Morgan fingerprint density at radius 2 is 2.06 bits per heavy atom. The zero-order valence-corrected chi connectivity index (χ0v) is 11.6. The van der Waals surface area contributed by atoms with Gasteiger partial charge in [-0.15, -0.1) is 12.4 Å². The average molecular weight is 295 g/mol. The van der Waals surface area contributed by atoms with E-state index in [-0.39, 0.29) is 23.3 Å². The van der Waals surface area contributed by atoms with Crippen molar-refractivity contribution in [3.05, 3.63) is 30.1 Å². The summed E-state index contributed by atoms with van der Waals surface area (Å²) in [4.78, 5) is -0.239. The van der Waals surface area contributed by atoms with E-state index in [9.17, 15) is 12.8 Å². The molecule has 1 atom stereocenters. The maximum absolute atomic E-state index is 13.5. The van der Waals surface area contributed by atoms with Crippen LogP contribution in [0.25, 0.3) is 0 Å². The number of rotatable bonds is 3. The summed E-state index contributed by atoms with van der Waals surface area (Å²) in [5.74, 6) is -0.694. The van der Waals surface area contributed by atoms with E-state index in [0.717, 1.165) is 6.42 Å². The van der Waals surface area contributed by atoms with Crippen molar-refractivity contribution in [2.45, 2.75) is 17.4 Å². The Morgan fingerprint density at radius 1 is 1.39 bits per heavy atom. The third-order valence-electron chi connectivity index (χ3n) is 3.01. The summed E-state index contributed by atoms with van der Waals surface area (Å²) >= 11 is 0. The number of nitrogens with one attached hydrogen (secondary N) is 1. The lowest BCUT2D eigenvalue weighted by atomic mass is 10.3. The fraction of sp³-hybridized carbons (Fsp3) is 0.455. The Balaban J connectivity index is 0.00000162. The third kappa shape index (κ3) is 2.83. The Labute approximate surface area is 113 Å². The second kappa shape index (κ2) is 5.97. The molecule has 1 aromatic rings. The van der Waals surface area contributed by atoms with Crippen molar-refractivity contribution in [2.75, 3.05) is 20.1 Å². The van der Waals surface area contributed by atoms with E-state index >= 15 is 0 Å². The van der Waals surface area contributed by atoms with Crippen molar-refractivity contribution in [3.8, 4) is 0 Å². The second-order valence-electron chi connectivity index (χ2n) is 4.07. The number of sulfonamides is 1. The van der Waals surface area contributed by atoms with Gasteiger partial charge in [0, 0.05) is 19.1 Å². The van der Waals surface area contributed by atoms with Gasteiger partial charge in [0.25, 0.3) is 0 Å². The molecule has 0 bridgehead atoms. The molecule has 1 aromatic carbocycles. The summed E-state index contributed by atoms with van der Waals surface area (Å²) in [7, 11) is -1.90. The molecule has 0 amide bonds. The first-order chi connectivity index (χ1) is 8.05. The number of hydrogen-bond acceptors (Lipinski definition) is 3. The first-order valence-corrected chi connectivity index (χ1v) is 6.91. The molecule has 1 heterocycles. The molecule has 102 valence electrons. The molecule has 0 aromatic heterocycles. The van der Waals surface area contributed by atoms with Gasteiger partial charge in [0.2, 0.25) is 10.0 Å². The molecule has 1 N–H and O–H groups in total. The molecular formula is C11H16ClFN2O2S. The lowest BCUT2D eigenvalue weighted by Gasteiger charge is -2.16. The van der Waals surface area contributed by atoms with Crippen LogP contribution in [0.2, 0.25) is 0 Å². The fourth-order valence-electron chi connectivity index (χ4n) is 1.98. The number of hydrogen-bond donors (Lipinski definition) is 1. The molecule has 18 heavy (non-hydrogen) atoms. The van der Waals surface area contributed by atoms with Crippen molar-refractivity contribution in [1.29, 1.82) is 0 Å². The van der Waals surface area contributed by atoms with Crippen LogP contribution < -0.4 is 5.32 Å². The lowest BCUT2D eigenvalue weighted by molar-refractivity contribution is 0.458. The summed E-state index contributed by atoms with van der Waals surface area (Å²) in [6.45, 7) is 0.829. The minimum absolute atomic E-state index is 0. The van der Waals surface area contributed by atoms with Gasteiger partial charge in [-0.3, -0.25) is 0 Å². The molecule has 0 aliphatic carbocycles. The quantitative estimate of drug-likeness (QED) is 0.912. The zero-order chi connectivity index (χ0) is 12.5. The Bertz CT molecular complexity index is 510. The summed E-state index contributed by atoms with van der Waals surface area (Å²) in [6, 6.07) is 5.63. The SMILES string of the molecule is CNC1CCN(S(=O)(=O)c2ccccc2F)C1.Cl. The van der Waals surface area contributed by atoms with E-state index in [1.165, 1.54) is 28.6 Å². The minimum Gasteiger partial charge on any atom is -0.316 e. The molecule has 1 saturated heterocycles. The van der Waals surface area contributed by atoms with Crippen LogP contribution in [0.5, 0.6) is 0 Å². The molecule has 0 spiro atoms. The highest BCUT2D eigenvalue weighted by Gasteiger charge is 2.33. The van der Waals surface area contributed by atoms with Gasteiger partial charge >= 0.3 is 0 Å². The normalized spacial score (nSPS) is 20.7. The predicted molar refractivity (Wildman–Crippen MR) is 69.9 cm³/mol. The lowest BCUT2D eigenvalue weighted by Crippen LogP contribution is -2.33. The van der Waals surface area contributed by atoms with Crippen LogP contribution >= 0.6 is 12.4 Å². The summed E-state index contributed by atoms with van der Waals surface area (Å²) in [6.07, 6.45) is 0.754. The number of halogens is 2. The van der Waals surface area contributed by atoms with Crippen LogP contribution in [0.15, 0.2) is 29.2 Å². The maximum atomic E-state index is 13.5. The second-order valence-corrected chi connectivity index (χ2v) is 5.97. The van der Waals surface area contributed by atoms with E-state index in [1.54, 1.807) is 7.05 Å². The highest BCUT2D eigenvalue weighted by atomic mass is 35.5. The van der Waals surface area contributed by atoms with E-state index in [1.807, 2.05) is 0 Å². The standard InChI is InChI=1S/C11H15FN2O2S.ClH/c1-13-9-6-7-14(8-9)17(15,16)11-5-3-2-4-10(11)12;/h2-5,9,13H,6-8H2,1H3;1H. The molecule has 1 unspecified atom stereocenters. The van der Waals surface area contributed by atoms with Gasteiger partial charge in [0.05, 0.1) is 0 Å². The van der Waals surface area contributed by atoms with Crippen LogP contribution in [0, 0.1) is 5.82 Å². The van der Waals surface area contributed by atoms with E-state index < -0.39 is 15.8 Å². The topological polar surface area (TPSA) is 49.4 Å². The maximum Gasteiger partial charge on any atom is 0.246 e. The highest BCUT2D eigenvalue weighted by molar-refractivity contribution is 7.89. The highest BCUT2D eigenvalue weighted by Crippen LogP contribution is 2.22. The molecular weight excluding hydrogens is 279 g/mol. The van der Waals surface area contributed by atoms with E-state index in [4.69, 9.17) is 0 Å². The van der Waals surface area contributed by atoms with Crippen LogP contribution in [0.4, 0.5) is 4.39 Å². The molecule has 7 heteroatoms. The Morgan fingerprint density at radius 3 is 2.61 bits per heavy atom. The van der Waals surface area contributed by atoms with Crippen molar-refractivity contribution in [1.82, 2.24) is 9.62 Å². The van der Waals surface area contributed by atoms with Gasteiger partial charge in [-0.25, -0.2) is 12.8 Å². The number of benzene rings is 1. The van der Waals surface area contributed by atoms with E-state index in [2.05, 4.69) is 5.32 Å². The monoisotopic (exact) mass is 294 g/mol. The van der Waals surface area contributed by atoms with Gasteiger partial charge in [-0.1, -0.05) is 12.1 Å². The van der Waals surface area contributed by atoms with E-state index in [0.29, 0.717) is 13.1 Å². The molecule has 4 nitrogen and oxygen atoms in total. The number of nitrogens with zero attached hydrogens (tertiary/aromatic N) is 1. The minimum atomic E-state index is -3.69. The molecule has 0 saturated carbocycles. The smallest absolute Gasteiger partial charge is 0.246 e. The largest absolute Gasteiger partial charge is 0.316 e. The van der Waals surface area contributed by atoms with Gasteiger partial charge < -0.3 is 5.32 Å². The van der Waals surface area contributed by atoms with Gasteiger partial charge in [-0.05, 0) is 25.6 Å². The van der Waals surface area contributed by atoms with Crippen LogP contribution in [0.1, 0.15) is 6.42 Å². The summed E-state index contributed by atoms with van der Waals surface area (Å²) in [5.41, 5.74) is 0. The van der Waals surface area contributed by atoms with Gasteiger partial charge in [0.15, 0.2) is 0 Å². The van der Waals surface area contributed by atoms with Gasteiger partial charge in [0.1, 0.15) is 10.7 Å². The zero-order valence-electron chi connectivity index (χ0n) is 9.97. The van der Waals surface area contributed by atoms with Crippen LogP contribution in [-0.2, 0) is 10.0 Å². The third-order valence-corrected chi connectivity index (χ3v) is 4.91. The average Bonchev–Trinajstić information content (AvgIpc) is 2.78. The first kappa shape index (κ1) is 15.4. The Kier molecular flexibility index (Phi) is 5.10. The first-order valence-electron chi connectivity index (χ1n) is 5.47. The summed E-state index contributed by atoms with van der Waals surface area (Å²) in [5, 5.41) is 3.03. The predicted octanol–water partition coefficient (Wildman–Crippen LogP) is 1.23. The Hall–Kier alpha value is -0.690. The van der Waals surface area contributed by atoms with Crippen molar-refractivity contribution in [2.24, 2.45) is 0 Å². The van der Waals surface area contributed by atoms with Crippen LogP contribution in [-0.4, -0.2) is 38.9 Å². The van der Waals surface area contributed by atoms with Crippen molar-refractivity contribution >= 4 is 22.4 Å². The van der Waals surface area contributed by atoms with Gasteiger partial charge in [-0.2, -0.15) is 4.31 Å². The molecule has 0 radical (unpaired) electrons. The molecule has 2 rings (SSSR count). The molecule has 1 fully saturated rings. The molecule has 1 aliphatic heterocycles.